The lowest BCUT2D eigenvalue weighted by atomic mass is 10.1. The fraction of sp³-hybridized carbons (Fsp3) is 0.250. The summed E-state index contributed by atoms with van der Waals surface area (Å²) in [7, 11) is 0. The molecule has 4 heteroatoms. The summed E-state index contributed by atoms with van der Waals surface area (Å²) in [4.78, 5) is 8.62. The molecule has 0 atom stereocenters. The van der Waals surface area contributed by atoms with E-state index in [4.69, 9.17) is 0 Å². The molecule has 1 aromatic carbocycles. The van der Waals surface area contributed by atoms with E-state index < -0.39 is 0 Å². The molecule has 0 fully saturated rings. The first-order valence-corrected chi connectivity index (χ1v) is 10.0. The lowest BCUT2D eigenvalue weighted by Gasteiger charge is -2.07. The fourth-order valence-electron chi connectivity index (χ4n) is 2.91. The molecule has 0 bridgehead atoms. The van der Waals surface area contributed by atoms with E-state index in [-0.39, 0.29) is 0 Å². The first-order chi connectivity index (χ1) is 11.8. The molecule has 1 aliphatic heterocycles. The Morgan fingerprint density at radius 1 is 1.12 bits per heavy atom. The van der Waals surface area contributed by atoms with Crippen molar-refractivity contribution in [2.75, 3.05) is 5.75 Å². The average molecular weight is 353 g/mol. The molecule has 4 rings (SSSR count). The van der Waals surface area contributed by atoms with E-state index in [0.717, 1.165) is 13.0 Å². The van der Waals surface area contributed by atoms with Gasteiger partial charge >= 0.3 is 0 Å². The van der Waals surface area contributed by atoms with E-state index in [1.165, 1.54) is 43.7 Å². The number of nitrogens with zero attached hydrogens (tertiary/aromatic N) is 2. The number of imidazole rings is 1. The van der Waals surface area contributed by atoms with Crippen LogP contribution in [0.1, 0.15) is 33.0 Å². The van der Waals surface area contributed by atoms with E-state index in [1.54, 1.807) is 0 Å². The van der Waals surface area contributed by atoms with Crippen LogP contribution in [0.2, 0.25) is 0 Å². The summed E-state index contributed by atoms with van der Waals surface area (Å²) in [5.41, 5.74) is 3.91. The third-order valence-electron chi connectivity index (χ3n) is 4.24. The van der Waals surface area contributed by atoms with Gasteiger partial charge in [-0.1, -0.05) is 35.9 Å². The molecule has 0 aliphatic carbocycles. The molecular formula is C20H20N2S2. The molecule has 0 N–H and O–H groups in total. The van der Waals surface area contributed by atoms with Crippen molar-refractivity contribution in [3.63, 3.8) is 0 Å². The molecule has 3 aromatic rings. The van der Waals surface area contributed by atoms with Crippen LogP contribution < -0.4 is 0 Å². The molecule has 2 aromatic heterocycles. The number of hydrogen-bond donors (Lipinski definition) is 0. The van der Waals surface area contributed by atoms with Crippen LogP contribution in [0, 0.1) is 6.92 Å². The topological polar surface area (TPSA) is 17.8 Å². The van der Waals surface area contributed by atoms with E-state index in [0.29, 0.717) is 0 Å². The van der Waals surface area contributed by atoms with Crippen molar-refractivity contribution in [3.05, 3.63) is 81.6 Å². The average Bonchev–Trinajstić information content (AvgIpc) is 3.32. The minimum atomic E-state index is 0.907. The molecular weight excluding hydrogens is 332 g/mol. The Morgan fingerprint density at radius 3 is 2.79 bits per heavy atom. The minimum absolute atomic E-state index is 0.907. The number of aromatic nitrogens is 2. The molecule has 0 saturated carbocycles. The van der Waals surface area contributed by atoms with Gasteiger partial charge in [0.1, 0.15) is 0 Å². The molecule has 0 spiro atoms. The number of hydrogen-bond acceptors (Lipinski definition) is 3. The summed E-state index contributed by atoms with van der Waals surface area (Å²) in [6.45, 7) is 3.03. The number of benzene rings is 1. The molecule has 3 heterocycles. The number of allylic oxidation sites excluding steroid dienone is 1. The van der Waals surface area contributed by atoms with E-state index in [2.05, 4.69) is 58.9 Å². The lowest BCUT2D eigenvalue weighted by molar-refractivity contribution is 0.763. The van der Waals surface area contributed by atoms with Crippen LogP contribution in [0.5, 0.6) is 0 Å². The second kappa shape index (κ2) is 6.99. The van der Waals surface area contributed by atoms with E-state index >= 15 is 0 Å². The Hall–Kier alpha value is -1.78. The zero-order valence-corrected chi connectivity index (χ0v) is 15.4. The van der Waals surface area contributed by atoms with Crippen molar-refractivity contribution >= 4 is 28.0 Å². The van der Waals surface area contributed by atoms with Crippen LogP contribution in [0.4, 0.5) is 0 Å². The molecule has 0 saturated heterocycles. The first-order valence-electron chi connectivity index (χ1n) is 8.24. The van der Waals surface area contributed by atoms with Gasteiger partial charge in [0.05, 0.1) is 12.9 Å². The van der Waals surface area contributed by atoms with Crippen molar-refractivity contribution in [2.24, 2.45) is 0 Å². The van der Waals surface area contributed by atoms with E-state index in [1.807, 2.05) is 35.6 Å². The molecule has 122 valence electrons. The molecule has 0 amide bonds. The van der Waals surface area contributed by atoms with Gasteiger partial charge in [-0.25, -0.2) is 4.98 Å². The quantitative estimate of drug-likeness (QED) is 0.614. The molecule has 0 unspecified atom stereocenters. The third kappa shape index (κ3) is 3.50. The van der Waals surface area contributed by atoms with Crippen molar-refractivity contribution in [2.45, 2.75) is 26.3 Å². The van der Waals surface area contributed by atoms with Gasteiger partial charge in [0, 0.05) is 38.7 Å². The summed E-state index contributed by atoms with van der Waals surface area (Å²) in [6, 6.07) is 13.3. The maximum atomic E-state index is 4.37. The van der Waals surface area contributed by atoms with Gasteiger partial charge in [-0.3, -0.25) is 0 Å². The maximum absolute atomic E-state index is 4.37. The number of rotatable bonds is 5. The summed E-state index contributed by atoms with van der Waals surface area (Å²) in [6.07, 6.45) is 8.44. The highest BCUT2D eigenvalue weighted by atomic mass is 32.2. The molecule has 24 heavy (non-hydrogen) atoms. The van der Waals surface area contributed by atoms with Crippen LogP contribution in [0.25, 0.3) is 4.91 Å². The normalized spacial score (nSPS) is 14.1. The van der Waals surface area contributed by atoms with Gasteiger partial charge in [0.2, 0.25) is 0 Å². The largest absolute Gasteiger partial charge is 0.329 e. The van der Waals surface area contributed by atoms with Crippen LogP contribution in [-0.2, 0) is 13.0 Å². The summed E-state index contributed by atoms with van der Waals surface area (Å²) in [5, 5.41) is 0. The zero-order valence-electron chi connectivity index (χ0n) is 13.7. The predicted molar refractivity (Wildman–Crippen MR) is 105 cm³/mol. The monoisotopic (exact) mass is 352 g/mol. The summed E-state index contributed by atoms with van der Waals surface area (Å²) >= 11 is 3.88. The van der Waals surface area contributed by atoms with Crippen LogP contribution in [0.3, 0.4) is 0 Å². The van der Waals surface area contributed by atoms with E-state index in [9.17, 15) is 0 Å². The van der Waals surface area contributed by atoms with Crippen molar-refractivity contribution in [1.29, 1.82) is 0 Å². The van der Waals surface area contributed by atoms with Gasteiger partial charge < -0.3 is 4.57 Å². The van der Waals surface area contributed by atoms with Gasteiger partial charge in [-0.2, -0.15) is 0 Å². The number of thiophene rings is 1. The maximum Gasteiger partial charge on any atom is 0.0951 e. The Bertz CT molecular complexity index is 856. The van der Waals surface area contributed by atoms with Crippen LogP contribution in [-0.4, -0.2) is 15.3 Å². The summed E-state index contributed by atoms with van der Waals surface area (Å²) < 4.78 is 2.27. The van der Waals surface area contributed by atoms with Crippen molar-refractivity contribution < 1.29 is 0 Å². The van der Waals surface area contributed by atoms with Gasteiger partial charge in [0.15, 0.2) is 0 Å². The fourth-order valence-corrected chi connectivity index (χ4v) is 5.05. The molecule has 1 aliphatic rings. The van der Waals surface area contributed by atoms with Crippen LogP contribution in [0.15, 0.2) is 55.0 Å². The predicted octanol–water partition coefficient (Wildman–Crippen LogP) is 5.37. The molecule has 2 nitrogen and oxygen atoms in total. The van der Waals surface area contributed by atoms with Gasteiger partial charge in [-0.15, -0.1) is 23.1 Å². The Kier molecular flexibility index (Phi) is 4.58. The molecule has 0 radical (unpaired) electrons. The highest BCUT2D eigenvalue weighted by Crippen LogP contribution is 2.37. The highest BCUT2D eigenvalue weighted by molar-refractivity contribution is 8.08. The van der Waals surface area contributed by atoms with Gasteiger partial charge in [0.25, 0.3) is 0 Å². The highest BCUT2D eigenvalue weighted by Gasteiger charge is 2.11. The Labute approximate surface area is 151 Å². The van der Waals surface area contributed by atoms with Crippen LogP contribution >= 0.6 is 23.1 Å². The summed E-state index contributed by atoms with van der Waals surface area (Å²) in [5.74, 6) is 1.23. The van der Waals surface area contributed by atoms with Crippen molar-refractivity contribution in [3.8, 4) is 0 Å². The lowest BCUT2D eigenvalue weighted by Crippen LogP contribution is -2.02. The van der Waals surface area contributed by atoms with Crippen molar-refractivity contribution in [1.82, 2.24) is 9.55 Å². The second-order valence-corrected chi connectivity index (χ2v) is 8.45. The smallest absolute Gasteiger partial charge is 0.0951 e. The second-order valence-electron chi connectivity index (χ2n) is 6.15. The SMILES string of the molecule is Cc1ccc(Cc2cncn2Cc2ccc(C3=CCCS3)s2)cc1. The Morgan fingerprint density at radius 2 is 2.00 bits per heavy atom. The Balaban J connectivity index is 1.49. The number of aryl methyl sites for hydroxylation is 1. The third-order valence-corrected chi connectivity index (χ3v) is 6.61. The number of thioether (sulfide) groups is 1. The standard InChI is InChI=1S/C20H20N2S2/c1-15-4-6-16(7-5-15)11-17-12-21-14-22(17)13-18-8-9-20(24-18)19-3-2-10-23-19/h3-9,12,14H,2,10-11,13H2,1H3. The zero-order chi connectivity index (χ0) is 16.4. The van der Waals surface area contributed by atoms with Gasteiger partial charge in [-0.05, 0) is 31.0 Å². The first kappa shape index (κ1) is 15.7. The minimum Gasteiger partial charge on any atom is -0.329 e.